The number of hydrogen-bond donors (Lipinski definition) is 2. The first-order valence-corrected chi connectivity index (χ1v) is 7.24. The molecule has 106 valence electrons. The molecule has 20 heavy (non-hydrogen) atoms. The molecule has 1 aromatic carbocycles. The van der Waals surface area contributed by atoms with Crippen molar-refractivity contribution in [2.24, 2.45) is 0 Å². The van der Waals surface area contributed by atoms with E-state index in [4.69, 9.17) is 0 Å². The first-order chi connectivity index (χ1) is 9.65. The molecule has 0 amide bonds. The van der Waals surface area contributed by atoms with Crippen LogP contribution in [0.2, 0.25) is 0 Å². The van der Waals surface area contributed by atoms with E-state index < -0.39 is 0 Å². The summed E-state index contributed by atoms with van der Waals surface area (Å²) in [6, 6.07) is 4.50. The van der Waals surface area contributed by atoms with Gasteiger partial charge in [0.25, 0.3) is 0 Å². The minimum absolute atomic E-state index is 0.283. The third-order valence-electron chi connectivity index (χ3n) is 2.83. The largest absolute Gasteiger partial charge is 0.370 e. The van der Waals surface area contributed by atoms with Crippen LogP contribution in [0.5, 0.6) is 0 Å². The molecule has 1 aromatic heterocycles. The maximum atomic E-state index is 13.1. The van der Waals surface area contributed by atoms with E-state index in [9.17, 15) is 4.39 Å². The molecular weight excluding hydrogens is 323 g/mol. The zero-order valence-electron chi connectivity index (χ0n) is 11.4. The predicted octanol–water partition coefficient (Wildman–Crippen LogP) is 4.12. The Morgan fingerprint density at radius 2 is 1.95 bits per heavy atom. The lowest BCUT2D eigenvalue weighted by Crippen LogP contribution is -2.07. The van der Waals surface area contributed by atoms with Gasteiger partial charge in [0.2, 0.25) is 0 Å². The SMILES string of the molecule is CCNc1ncnc(Nc2ccc(F)cc2Br)c1CC. The number of nitrogens with one attached hydrogen (secondary N) is 2. The normalized spacial score (nSPS) is 10.4. The van der Waals surface area contributed by atoms with Crippen LogP contribution in [0.1, 0.15) is 19.4 Å². The van der Waals surface area contributed by atoms with Gasteiger partial charge in [-0.2, -0.15) is 0 Å². The fourth-order valence-corrected chi connectivity index (χ4v) is 2.34. The van der Waals surface area contributed by atoms with Gasteiger partial charge >= 0.3 is 0 Å². The van der Waals surface area contributed by atoms with Gasteiger partial charge in [-0.25, -0.2) is 14.4 Å². The summed E-state index contributed by atoms with van der Waals surface area (Å²) in [4.78, 5) is 8.52. The van der Waals surface area contributed by atoms with Crippen LogP contribution in [0.25, 0.3) is 0 Å². The molecule has 2 rings (SSSR count). The van der Waals surface area contributed by atoms with Gasteiger partial charge in [0, 0.05) is 16.6 Å². The van der Waals surface area contributed by atoms with Crippen molar-refractivity contribution in [3.8, 4) is 0 Å². The zero-order valence-corrected chi connectivity index (χ0v) is 13.0. The molecule has 0 fully saturated rings. The molecule has 0 aliphatic carbocycles. The first kappa shape index (κ1) is 14.7. The van der Waals surface area contributed by atoms with Gasteiger partial charge in [0.05, 0.1) is 5.69 Å². The van der Waals surface area contributed by atoms with Gasteiger partial charge in [-0.05, 0) is 47.5 Å². The highest BCUT2D eigenvalue weighted by Crippen LogP contribution is 2.29. The highest BCUT2D eigenvalue weighted by molar-refractivity contribution is 9.10. The molecule has 4 nitrogen and oxygen atoms in total. The molecule has 0 saturated carbocycles. The fourth-order valence-electron chi connectivity index (χ4n) is 1.89. The van der Waals surface area contributed by atoms with Crippen molar-refractivity contribution in [3.63, 3.8) is 0 Å². The molecule has 0 atom stereocenters. The van der Waals surface area contributed by atoms with Crippen molar-refractivity contribution in [2.45, 2.75) is 20.3 Å². The summed E-state index contributed by atoms with van der Waals surface area (Å²) >= 11 is 3.34. The second kappa shape index (κ2) is 6.65. The Labute approximate surface area is 126 Å². The van der Waals surface area contributed by atoms with Crippen LogP contribution >= 0.6 is 15.9 Å². The Balaban J connectivity index is 2.35. The highest BCUT2D eigenvalue weighted by Gasteiger charge is 2.11. The van der Waals surface area contributed by atoms with Gasteiger partial charge in [-0.15, -0.1) is 0 Å². The van der Waals surface area contributed by atoms with Gasteiger partial charge in [-0.1, -0.05) is 6.92 Å². The summed E-state index contributed by atoms with van der Waals surface area (Å²) in [7, 11) is 0. The maximum Gasteiger partial charge on any atom is 0.139 e. The summed E-state index contributed by atoms with van der Waals surface area (Å²) in [5.74, 6) is 1.27. The van der Waals surface area contributed by atoms with E-state index in [1.807, 2.05) is 13.8 Å². The molecule has 6 heteroatoms. The number of benzene rings is 1. The Hall–Kier alpha value is -1.69. The van der Waals surface area contributed by atoms with E-state index in [0.717, 1.165) is 35.9 Å². The number of nitrogens with zero attached hydrogens (tertiary/aromatic N) is 2. The van der Waals surface area contributed by atoms with Crippen LogP contribution in [0.15, 0.2) is 29.0 Å². The van der Waals surface area contributed by atoms with Crippen LogP contribution in [0, 0.1) is 5.82 Å². The Bertz CT molecular complexity index is 604. The molecule has 0 aliphatic rings. The lowest BCUT2D eigenvalue weighted by molar-refractivity contribution is 0.627. The minimum Gasteiger partial charge on any atom is -0.370 e. The molecule has 1 heterocycles. The summed E-state index contributed by atoms with van der Waals surface area (Å²) < 4.78 is 13.8. The predicted molar refractivity (Wildman–Crippen MR) is 83.0 cm³/mol. The number of halogens is 2. The number of hydrogen-bond acceptors (Lipinski definition) is 4. The van der Waals surface area contributed by atoms with Gasteiger partial charge in [-0.3, -0.25) is 0 Å². The zero-order chi connectivity index (χ0) is 14.5. The summed E-state index contributed by atoms with van der Waals surface area (Å²) in [6.07, 6.45) is 2.31. The van der Waals surface area contributed by atoms with Crippen LogP contribution in [0.4, 0.5) is 21.7 Å². The monoisotopic (exact) mass is 338 g/mol. The van der Waals surface area contributed by atoms with E-state index in [2.05, 4.69) is 36.5 Å². The van der Waals surface area contributed by atoms with E-state index in [0.29, 0.717) is 4.47 Å². The third-order valence-corrected chi connectivity index (χ3v) is 3.48. The van der Waals surface area contributed by atoms with Crippen LogP contribution < -0.4 is 10.6 Å². The van der Waals surface area contributed by atoms with Crippen molar-refractivity contribution in [1.29, 1.82) is 0 Å². The summed E-state index contributed by atoms with van der Waals surface area (Å²) in [5, 5.41) is 6.43. The molecule has 0 bridgehead atoms. The smallest absolute Gasteiger partial charge is 0.139 e. The molecule has 0 saturated heterocycles. The van der Waals surface area contributed by atoms with Crippen LogP contribution in [-0.4, -0.2) is 16.5 Å². The highest BCUT2D eigenvalue weighted by atomic mass is 79.9. The van der Waals surface area contributed by atoms with Gasteiger partial charge in [0.15, 0.2) is 0 Å². The quantitative estimate of drug-likeness (QED) is 0.861. The summed E-state index contributed by atoms with van der Waals surface area (Å²) in [6.45, 7) is 4.86. The number of anilines is 3. The fraction of sp³-hybridized carbons (Fsp3) is 0.286. The Morgan fingerprint density at radius 3 is 2.60 bits per heavy atom. The Kier molecular flexibility index (Phi) is 4.89. The number of aromatic nitrogens is 2. The average Bonchev–Trinajstić information content (AvgIpc) is 2.42. The van der Waals surface area contributed by atoms with E-state index >= 15 is 0 Å². The van der Waals surface area contributed by atoms with E-state index in [1.54, 1.807) is 6.07 Å². The van der Waals surface area contributed by atoms with Crippen molar-refractivity contribution < 1.29 is 4.39 Å². The van der Waals surface area contributed by atoms with Crippen LogP contribution in [-0.2, 0) is 6.42 Å². The third kappa shape index (κ3) is 3.25. The molecule has 0 spiro atoms. The lowest BCUT2D eigenvalue weighted by atomic mass is 10.2. The van der Waals surface area contributed by atoms with Crippen molar-refractivity contribution in [3.05, 3.63) is 40.4 Å². The van der Waals surface area contributed by atoms with Gasteiger partial charge < -0.3 is 10.6 Å². The molecule has 0 radical (unpaired) electrons. The molecule has 2 aromatic rings. The second-order valence-electron chi connectivity index (χ2n) is 4.18. The second-order valence-corrected chi connectivity index (χ2v) is 5.04. The van der Waals surface area contributed by atoms with Gasteiger partial charge in [0.1, 0.15) is 23.8 Å². The lowest BCUT2D eigenvalue weighted by Gasteiger charge is -2.14. The molecule has 2 N–H and O–H groups in total. The number of rotatable bonds is 5. The standard InChI is InChI=1S/C14H16BrFN4/c1-3-10-13(17-4-2)18-8-19-14(10)20-12-6-5-9(16)7-11(12)15/h5-8H,3-4H2,1-2H3,(H2,17,18,19,20). The topological polar surface area (TPSA) is 49.8 Å². The minimum atomic E-state index is -0.283. The first-order valence-electron chi connectivity index (χ1n) is 6.45. The average molecular weight is 339 g/mol. The maximum absolute atomic E-state index is 13.1. The van der Waals surface area contributed by atoms with Crippen molar-refractivity contribution >= 4 is 33.3 Å². The van der Waals surface area contributed by atoms with Crippen molar-refractivity contribution in [1.82, 2.24) is 9.97 Å². The van der Waals surface area contributed by atoms with Crippen LogP contribution in [0.3, 0.4) is 0 Å². The van der Waals surface area contributed by atoms with Crippen molar-refractivity contribution in [2.75, 3.05) is 17.2 Å². The molecule has 0 unspecified atom stereocenters. The Morgan fingerprint density at radius 1 is 1.20 bits per heavy atom. The molecular formula is C14H16BrFN4. The van der Waals surface area contributed by atoms with E-state index in [-0.39, 0.29) is 5.82 Å². The summed E-state index contributed by atoms with van der Waals surface area (Å²) in [5.41, 5.74) is 1.77. The van der Waals surface area contributed by atoms with E-state index in [1.165, 1.54) is 18.5 Å². The molecule has 0 aliphatic heterocycles.